The van der Waals surface area contributed by atoms with Gasteiger partial charge in [0.25, 0.3) is 0 Å². The van der Waals surface area contributed by atoms with Crippen LogP contribution in [-0.4, -0.2) is 78.3 Å². The van der Waals surface area contributed by atoms with Gasteiger partial charge >= 0.3 is 0 Å². The second-order valence-corrected chi connectivity index (χ2v) is 11.7. The van der Waals surface area contributed by atoms with E-state index in [2.05, 4.69) is 15.0 Å². The summed E-state index contributed by atoms with van der Waals surface area (Å²) in [4.78, 5) is 29.5. The van der Waals surface area contributed by atoms with E-state index in [1.54, 1.807) is 75.3 Å². The number of hydrogen-bond acceptors (Lipinski definition) is 7. The van der Waals surface area contributed by atoms with Crippen LogP contribution in [0.25, 0.3) is 21.9 Å². The Labute approximate surface area is 226 Å². The van der Waals surface area contributed by atoms with Gasteiger partial charge in [0.1, 0.15) is 0 Å². The summed E-state index contributed by atoms with van der Waals surface area (Å²) in [7, 11) is -0.427. The molecule has 11 heteroatoms. The second-order valence-electron chi connectivity index (χ2n) is 9.36. The number of benzene rings is 2. The number of pyridine rings is 1. The van der Waals surface area contributed by atoms with Crippen molar-refractivity contribution < 1.29 is 13.2 Å². The molecule has 2 aromatic heterocycles. The fourth-order valence-electron chi connectivity index (χ4n) is 4.53. The van der Waals surface area contributed by atoms with Gasteiger partial charge in [0.05, 0.1) is 10.9 Å². The minimum absolute atomic E-state index is 0.102. The fourth-order valence-corrected chi connectivity index (χ4v) is 6.22. The van der Waals surface area contributed by atoms with E-state index >= 15 is 0 Å². The molecular weight excluding hydrogens is 524 g/mol. The number of nitrogens with zero attached hydrogens (tertiary/aromatic N) is 6. The lowest BCUT2D eigenvalue weighted by Gasteiger charge is -2.40. The number of rotatable bonds is 6. The van der Waals surface area contributed by atoms with Gasteiger partial charge in [-0.05, 0) is 52.7 Å². The van der Waals surface area contributed by atoms with Gasteiger partial charge in [0, 0.05) is 75.5 Å². The molecule has 5 rings (SSSR count). The predicted octanol–water partition coefficient (Wildman–Crippen LogP) is 3.70. The predicted molar refractivity (Wildman–Crippen MR) is 147 cm³/mol. The smallest absolute Gasteiger partial charge is 0.243 e. The van der Waals surface area contributed by atoms with E-state index in [0.29, 0.717) is 17.5 Å². The van der Waals surface area contributed by atoms with E-state index in [-0.39, 0.29) is 30.3 Å². The molecule has 0 N–H and O–H groups in total. The Morgan fingerprint density at radius 3 is 2.37 bits per heavy atom. The van der Waals surface area contributed by atoms with E-state index in [1.165, 1.54) is 9.21 Å². The first-order valence-corrected chi connectivity index (χ1v) is 13.9. The summed E-state index contributed by atoms with van der Waals surface area (Å²) in [6.07, 6.45) is 7.00. The number of anilines is 1. The molecule has 1 unspecified atom stereocenters. The lowest BCUT2D eigenvalue weighted by atomic mass is 10.1. The highest BCUT2D eigenvalue weighted by molar-refractivity contribution is 7.89. The number of aromatic nitrogens is 3. The summed E-state index contributed by atoms with van der Waals surface area (Å²) in [6, 6.07) is 13.7. The minimum atomic E-state index is -3.80. The van der Waals surface area contributed by atoms with Crippen molar-refractivity contribution in [2.45, 2.75) is 17.4 Å². The SMILES string of the molecule is CN(C)C(=O)CC1CN(S(=O)(=O)c2ccc3cc(Cl)ccc3c2)CCN1c1ncc(-c2ccncc2)cn1. The quantitative estimate of drug-likeness (QED) is 0.361. The van der Waals surface area contributed by atoms with Crippen LogP contribution in [0, 0.1) is 0 Å². The molecule has 0 radical (unpaired) electrons. The Hall–Kier alpha value is -3.60. The molecule has 0 bridgehead atoms. The van der Waals surface area contributed by atoms with E-state index in [4.69, 9.17) is 11.6 Å². The van der Waals surface area contributed by atoms with Gasteiger partial charge in [-0.15, -0.1) is 0 Å². The van der Waals surface area contributed by atoms with Gasteiger partial charge in [0.2, 0.25) is 21.9 Å². The van der Waals surface area contributed by atoms with E-state index in [0.717, 1.165) is 21.9 Å². The van der Waals surface area contributed by atoms with Crippen molar-refractivity contribution in [2.75, 3.05) is 38.6 Å². The molecule has 1 atom stereocenters. The summed E-state index contributed by atoms with van der Waals surface area (Å²) < 4.78 is 28.8. The molecule has 1 aliphatic rings. The van der Waals surface area contributed by atoms with Crippen molar-refractivity contribution in [1.29, 1.82) is 0 Å². The Balaban J connectivity index is 1.42. The highest BCUT2D eigenvalue weighted by atomic mass is 35.5. The Morgan fingerprint density at radius 1 is 0.974 bits per heavy atom. The number of carbonyl (C=O) groups excluding carboxylic acids is 1. The summed E-state index contributed by atoms with van der Waals surface area (Å²) in [5.41, 5.74) is 1.79. The van der Waals surface area contributed by atoms with Crippen LogP contribution >= 0.6 is 11.6 Å². The van der Waals surface area contributed by atoms with Crippen molar-refractivity contribution in [3.63, 3.8) is 0 Å². The molecule has 196 valence electrons. The zero-order valence-electron chi connectivity index (χ0n) is 21.0. The van der Waals surface area contributed by atoms with Crippen LogP contribution < -0.4 is 4.90 Å². The lowest BCUT2D eigenvalue weighted by molar-refractivity contribution is -0.129. The molecule has 1 amide bonds. The Bertz CT molecular complexity index is 1570. The maximum Gasteiger partial charge on any atom is 0.243 e. The van der Waals surface area contributed by atoms with Crippen LogP contribution in [0.2, 0.25) is 5.02 Å². The van der Waals surface area contributed by atoms with Crippen LogP contribution in [-0.2, 0) is 14.8 Å². The van der Waals surface area contributed by atoms with Crippen molar-refractivity contribution in [1.82, 2.24) is 24.2 Å². The average molecular weight is 551 g/mol. The first kappa shape index (κ1) is 26.0. The number of sulfonamides is 1. The van der Waals surface area contributed by atoms with Gasteiger partial charge in [0.15, 0.2) is 0 Å². The molecule has 3 heterocycles. The molecule has 0 aliphatic carbocycles. The van der Waals surface area contributed by atoms with Crippen LogP contribution in [0.15, 0.2) is 78.2 Å². The standard InChI is InChI=1S/C27H27ClN6O3S/c1-32(2)26(35)15-24-18-33(38(36,37)25-6-4-20-13-23(28)5-3-21(20)14-25)11-12-34(24)27-30-16-22(17-31-27)19-7-9-29-10-8-19/h3-10,13-14,16-17,24H,11-12,15,18H2,1-2H3. The minimum Gasteiger partial charge on any atom is -0.349 e. The number of amides is 1. The molecule has 0 saturated carbocycles. The largest absolute Gasteiger partial charge is 0.349 e. The molecule has 4 aromatic rings. The summed E-state index contributed by atoms with van der Waals surface area (Å²) in [5.74, 6) is 0.356. The molecule has 1 aliphatic heterocycles. The van der Waals surface area contributed by atoms with Gasteiger partial charge in [-0.1, -0.05) is 23.7 Å². The number of halogens is 1. The summed E-state index contributed by atoms with van der Waals surface area (Å²) in [5, 5.41) is 2.24. The zero-order chi connectivity index (χ0) is 26.9. The normalized spacial score (nSPS) is 16.5. The van der Waals surface area contributed by atoms with Crippen molar-refractivity contribution in [3.8, 4) is 11.1 Å². The van der Waals surface area contributed by atoms with Crippen molar-refractivity contribution >= 4 is 44.3 Å². The number of fused-ring (bicyclic) bond motifs is 1. The third-order valence-electron chi connectivity index (χ3n) is 6.67. The summed E-state index contributed by atoms with van der Waals surface area (Å²) >= 11 is 6.08. The van der Waals surface area contributed by atoms with Gasteiger partial charge in [-0.2, -0.15) is 4.31 Å². The average Bonchev–Trinajstić information content (AvgIpc) is 2.93. The first-order valence-electron chi connectivity index (χ1n) is 12.1. The first-order chi connectivity index (χ1) is 18.2. The molecular formula is C27H27ClN6O3S. The topological polar surface area (TPSA) is 99.6 Å². The molecule has 38 heavy (non-hydrogen) atoms. The third-order valence-corrected chi connectivity index (χ3v) is 8.77. The van der Waals surface area contributed by atoms with Gasteiger partial charge < -0.3 is 9.80 Å². The second kappa shape index (κ2) is 10.6. The lowest BCUT2D eigenvalue weighted by Crippen LogP contribution is -2.56. The maximum absolute atomic E-state index is 13.7. The van der Waals surface area contributed by atoms with Gasteiger partial charge in [-0.25, -0.2) is 18.4 Å². The number of hydrogen-bond donors (Lipinski definition) is 0. The zero-order valence-corrected chi connectivity index (χ0v) is 22.6. The highest BCUT2D eigenvalue weighted by Gasteiger charge is 2.36. The van der Waals surface area contributed by atoms with Crippen LogP contribution in [0.4, 0.5) is 5.95 Å². The highest BCUT2D eigenvalue weighted by Crippen LogP contribution is 2.28. The number of carbonyl (C=O) groups is 1. The molecule has 0 spiro atoms. The van der Waals surface area contributed by atoms with Crippen molar-refractivity contribution in [2.24, 2.45) is 0 Å². The molecule has 1 fully saturated rings. The van der Waals surface area contributed by atoms with Gasteiger partial charge in [-0.3, -0.25) is 9.78 Å². The fraction of sp³-hybridized carbons (Fsp3) is 0.259. The monoisotopic (exact) mass is 550 g/mol. The molecule has 2 aromatic carbocycles. The Kier molecular flexibility index (Phi) is 7.29. The third kappa shape index (κ3) is 5.33. The van der Waals surface area contributed by atoms with E-state index < -0.39 is 16.1 Å². The summed E-state index contributed by atoms with van der Waals surface area (Å²) in [6.45, 7) is 0.724. The van der Waals surface area contributed by atoms with Crippen molar-refractivity contribution in [3.05, 3.63) is 78.3 Å². The maximum atomic E-state index is 13.7. The molecule has 1 saturated heterocycles. The van der Waals surface area contributed by atoms with E-state index in [1.807, 2.05) is 17.0 Å². The molecule has 9 nitrogen and oxygen atoms in total. The number of piperazine rings is 1. The van der Waals surface area contributed by atoms with E-state index in [9.17, 15) is 13.2 Å². The van der Waals surface area contributed by atoms with Crippen LogP contribution in [0.5, 0.6) is 0 Å². The van der Waals surface area contributed by atoms with Crippen LogP contribution in [0.3, 0.4) is 0 Å². The Morgan fingerprint density at radius 2 is 1.66 bits per heavy atom. The van der Waals surface area contributed by atoms with Crippen LogP contribution in [0.1, 0.15) is 6.42 Å².